The minimum absolute atomic E-state index is 0.516. The SMILES string of the molecule is CN=C(NCc1ccc(N(C)C)cc1C)NC1CCN(CC(C)C)CC1. The Bertz CT molecular complexity index is 586. The number of rotatable bonds is 6. The Hall–Kier alpha value is -1.75. The van der Waals surface area contributed by atoms with Gasteiger partial charge in [0.2, 0.25) is 0 Å². The average molecular weight is 360 g/mol. The van der Waals surface area contributed by atoms with E-state index in [4.69, 9.17) is 0 Å². The number of guanidine groups is 1. The number of nitrogens with zero attached hydrogens (tertiary/aromatic N) is 3. The van der Waals surface area contributed by atoms with Crippen LogP contribution in [0.3, 0.4) is 0 Å². The van der Waals surface area contributed by atoms with E-state index in [9.17, 15) is 0 Å². The van der Waals surface area contributed by atoms with Crippen LogP contribution in [0.15, 0.2) is 23.2 Å². The van der Waals surface area contributed by atoms with Gasteiger partial charge in [-0.2, -0.15) is 0 Å². The van der Waals surface area contributed by atoms with Crippen LogP contribution in [0, 0.1) is 12.8 Å². The molecule has 1 aliphatic heterocycles. The van der Waals surface area contributed by atoms with Gasteiger partial charge in [-0.15, -0.1) is 0 Å². The van der Waals surface area contributed by atoms with Gasteiger partial charge in [-0.05, 0) is 48.9 Å². The van der Waals surface area contributed by atoms with E-state index in [2.05, 4.69) is 78.5 Å². The summed E-state index contributed by atoms with van der Waals surface area (Å²) in [5.41, 5.74) is 3.85. The van der Waals surface area contributed by atoms with Gasteiger partial charge in [-0.3, -0.25) is 4.99 Å². The lowest BCUT2D eigenvalue weighted by Crippen LogP contribution is -2.49. The van der Waals surface area contributed by atoms with Crippen molar-refractivity contribution in [1.29, 1.82) is 0 Å². The molecule has 1 aromatic rings. The van der Waals surface area contributed by atoms with Crippen molar-refractivity contribution in [2.45, 2.75) is 46.2 Å². The average Bonchev–Trinajstić information content (AvgIpc) is 2.60. The lowest BCUT2D eigenvalue weighted by Gasteiger charge is -2.34. The number of benzene rings is 1. The highest BCUT2D eigenvalue weighted by Gasteiger charge is 2.20. The number of hydrogen-bond donors (Lipinski definition) is 2. The monoisotopic (exact) mass is 359 g/mol. The van der Waals surface area contributed by atoms with Gasteiger partial charge in [0, 0.05) is 59.1 Å². The second-order valence-corrected chi connectivity index (χ2v) is 8.04. The fourth-order valence-electron chi connectivity index (χ4n) is 3.50. The number of piperidine rings is 1. The molecule has 0 unspecified atom stereocenters. The van der Waals surface area contributed by atoms with E-state index in [1.54, 1.807) is 0 Å². The van der Waals surface area contributed by atoms with Gasteiger partial charge in [0.25, 0.3) is 0 Å². The van der Waals surface area contributed by atoms with E-state index < -0.39 is 0 Å². The van der Waals surface area contributed by atoms with Crippen LogP contribution < -0.4 is 15.5 Å². The minimum atomic E-state index is 0.516. The molecule has 1 fully saturated rings. The van der Waals surface area contributed by atoms with Crippen LogP contribution in [0.1, 0.15) is 37.8 Å². The highest BCUT2D eigenvalue weighted by Crippen LogP contribution is 2.17. The maximum absolute atomic E-state index is 4.41. The van der Waals surface area contributed by atoms with Gasteiger partial charge >= 0.3 is 0 Å². The van der Waals surface area contributed by atoms with Crippen molar-refractivity contribution in [1.82, 2.24) is 15.5 Å². The zero-order valence-electron chi connectivity index (χ0n) is 17.5. The molecule has 1 aromatic carbocycles. The first-order valence-corrected chi connectivity index (χ1v) is 9.85. The standard InChI is InChI=1S/C21H37N5/c1-16(2)15-26-11-9-19(10-12-26)24-21(22-4)23-14-18-7-8-20(25(5)6)13-17(18)3/h7-8,13,16,19H,9-12,14-15H2,1-6H3,(H2,22,23,24). The minimum Gasteiger partial charge on any atom is -0.378 e. The Balaban J connectivity index is 1.82. The smallest absolute Gasteiger partial charge is 0.191 e. The largest absolute Gasteiger partial charge is 0.378 e. The van der Waals surface area contributed by atoms with Crippen LogP contribution >= 0.6 is 0 Å². The van der Waals surface area contributed by atoms with Gasteiger partial charge in [0.1, 0.15) is 0 Å². The van der Waals surface area contributed by atoms with Crippen molar-refractivity contribution in [2.24, 2.45) is 10.9 Å². The number of nitrogens with one attached hydrogen (secondary N) is 2. The zero-order chi connectivity index (χ0) is 19.1. The van der Waals surface area contributed by atoms with E-state index in [-0.39, 0.29) is 0 Å². The second kappa shape index (κ2) is 9.81. The number of aryl methyl sites for hydroxylation is 1. The predicted molar refractivity (Wildman–Crippen MR) is 113 cm³/mol. The number of anilines is 1. The van der Waals surface area contributed by atoms with Crippen molar-refractivity contribution in [3.63, 3.8) is 0 Å². The summed E-state index contributed by atoms with van der Waals surface area (Å²) in [5, 5.41) is 7.08. The third kappa shape index (κ3) is 6.20. The molecular formula is C21H37N5. The maximum Gasteiger partial charge on any atom is 0.191 e. The van der Waals surface area contributed by atoms with Crippen LogP contribution in [0.25, 0.3) is 0 Å². The molecule has 0 aliphatic carbocycles. The van der Waals surface area contributed by atoms with Gasteiger partial charge in [0.05, 0.1) is 0 Å². The van der Waals surface area contributed by atoms with Gasteiger partial charge in [-0.25, -0.2) is 0 Å². The summed E-state index contributed by atoms with van der Waals surface area (Å²) >= 11 is 0. The normalized spacial score (nSPS) is 16.8. The predicted octanol–water partition coefficient (Wildman–Crippen LogP) is 2.85. The summed E-state index contributed by atoms with van der Waals surface area (Å²) in [4.78, 5) is 9.13. The summed E-state index contributed by atoms with van der Waals surface area (Å²) in [5.74, 6) is 1.65. The topological polar surface area (TPSA) is 42.9 Å². The molecule has 0 aromatic heterocycles. The van der Waals surface area contributed by atoms with Crippen molar-refractivity contribution in [3.05, 3.63) is 29.3 Å². The summed E-state index contributed by atoms with van der Waals surface area (Å²) in [6, 6.07) is 7.12. The first kappa shape index (κ1) is 20.6. The summed E-state index contributed by atoms with van der Waals surface area (Å²) < 4.78 is 0. The first-order valence-electron chi connectivity index (χ1n) is 9.85. The van der Waals surface area contributed by atoms with E-state index in [0.717, 1.165) is 18.4 Å². The van der Waals surface area contributed by atoms with E-state index >= 15 is 0 Å². The molecule has 5 nitrogen and oxygen atoms in total. The Morgan fingerprint density at radius 1 is 1.27 bits per heavy atom. The lowest BCUT2D eigenvalue weighted by molar-refractivity contribution is 0.187. The third-order valence-corrected chi connectivity index (χ3v) is 5.06. The molecule has 0 bridgehead atoms. The Morgan fingerprint density at radius 2 is 1.96 bits per heavy atom. The van der Waals surface area contributed by atoms with E-state index in [1.807, 2.05) is 7.05 Å². The second-order valence-electron chi connectivity index (χ2n) is 8.04. The fourth-order valence-corrected chi connectivity index (χ4v) is 3.50. The van der Waals surface area contributed by atoms with Crippen LogP contribution in [-0.2, 0) is 6.54 Å². The quantitative estimate of drug-likeness (QED) is 0.605. The van der Waals surface area contributed by atoms with Gasteiger partial charge in [0.15, 0.2) is 5.96 Å². The molecule has 1 heterocycles. The van der Waals surface area contributed by atoms with Gasteiger partial charge < -0.3 is 20.4 Å². The molecule has 1 saturated heterocycles. The zero-order valence-corrected chi connectivity index (χ0v) is 17.5. The molecule has 146 valence electrons. The highest BCUT2D eigenvalue weighted by atomic mass is 15.2. The van der Waals surface area contributed by atoms with Crippen molar-refractivity contribution >= 4 is 11.6 Å². The molecular weight excluding hydrogens is 322 g/mol. The lowest BCUT2D eigenvalue weighted by atomic mass is 10.0. The van der Waals surface area contributed by atoms with Crippen LogP contribution in [0.5, 0.6) is 0 Å². The molecule has 1 aliphatic rings. The van der Waals surface area contributed by atoms with Crippen LogP contribution in [0.4, 0.5) is 5.69 Å². The van der Waals surface area contributed by atoms with Crippen molar-refractivity contribution in [2.75, 3.05) is 45.7 Å². The van der Waals surface area contributed by atoms with E-state index in [1.165, 1.54) is 49.3 Å². The highest BCUT2D eigenvalue weighted by molar-refractivity contribution is 5.80. The molecule has 0 saturated carbocycles. The van der Waals surface area contributed by atoms with E-state index in [0.29, 0.717) is 6.04 Å². The number of aliphatic imine (C=N–C) groups is 1. The number of hydrogen-bond acceptors (Lipinski definition) is 3. The number of likely N-dealkylation sites (tertiary alicyclic amines) is 1. The molecule has 26 heavy (non-hydrogen) atoms. The third-order valence-electron chi connectivity index (χ3n) is 5.06. The summed E-state index contributed by atoms with van der Waals surface area (Å²) in [6.07, 6.45) is 2.37. The summed E-state index contributed by atoms with van der Waals surface area (Å²) in [7, 11) is 6.00. The van der Waals surface area contributed by atoms with Crippen LogP contribution in [-0.4, -0.2) is 57.7 Å². The molecule has 0 spiro atoms. The maximum atomic E-state index is 4.41. The fraction of sp³-hybridized carbons (Fsp3) is 0.667. The molecule has 2 rings (SSSR count). The molecule has 0 atom stereocenters. The van der Waals surface area contributed by atoms with Gasteiger partial charge in [-0.1, -0.05) is 19.9 Å². The van der Waals surface area contributed by atoms with Crippen molar-refractivity contribution < 1.29 is 0 Å². The van der Waals surface area contributed by atoms with Crippen LogP contribution in [0.2, 0.25) is 0 Å². The molecule has 0 amide bonds. The van der Waals surface area contributed by atoms with Crippen molar-refractivity contribution in [3.8, 4) is 0 Å². The Morgan fingerprint density at radius 3 is 2.50 bits per heavy atom. The summed E-state index contributed by atoms with van der Waals surface area (Å²) in [6.45, 7) is 11.1. The molecule has 0 radical (unpaired) electrons. The Kier molecular flexibility index (Phi) is 7.76. The Labute approximate surface area is 159 Å². The molecule has 5 heteroatoms. The molecule has 2 N–H and O–H groups in total. The first-order chi connectivity index (χ1) is 12.4.